The van der Waals surface area contributed by atoms with Crippen LogP contribution in [-0.2, 0) is 9.53 Å². The van der Waals surface area contributed by atoms with E-state index in [0.29, 0.717) is 0 Å². The highest BCUT2D eigenvalue weighted by molar-refractivity contribution is 5.84. The largest absolute Gasteiger partial charge is 0.455 e. The second-order valence-electron chi connectivity index (χ2n) is 2.85. The Balaban J connectivity index is 2.36. The zero-order valence-corrected chi connectivity index (χ0v) is 6.83. The first kappa shape index (κ1) is 8.05. The van der Waals surface area contributed by atoms with E-state index >= 15 is 0 Å². The summed E-state index contributed by atoms with van der Waals surface area (Å²) in [6, 6.07) is 0. The van der Waals surface area contributed by atoms with E-state index in [-0.39, 0.29) is 12.1 Å². The fourth-order valence-electron chi connectivity index (χ4n) is 0.892. The van der Waals surface area contributed by atoms with Crippen LogP contribution in [0.25, 0.3) is 0 Å². The van der Waals surface area contributed by atoms with Crippen LogP contribution >= 0.6 is 0 Å². The molecular weight excluding hydrogens is 140 g/mol. The van der Waals surface area contributed by atoms with E-state index in [1.54, 1.807) is 6.08 Å². The monoisotopic (exact) mass is 152 g/mol. The van der Waals surface area contributed by atoms with Gasteiger partial charge in [-0.05, 0) is 19.9 Å². The van der Waals surface area contributed by atoms with E-state index in [2.05, 4.69) is 6.08 Å². The molecule has 2 nitrogen and oxygen atoms in total. The molecule has 1 heterocycles. The van der Waals surface area contributed by atoms with Gasteiger partial charge in [0, 0.05) is 12.5 Å². The van der Waals surface area contributed by atoms with Gasteiger partial charge in [-0.2, -0.15) is 0 Å². The number of hydrogen-bond donors (Lipinski definition) is 0. The van der Waals surface area contributed by atoms with E-state index in [1.165, 1.54) is 11.6 Å². The van der Waals surface area contributed by atoms with Crippen LogP contribution in [-0.4, -0.2) is 12.1 Å². The lowest BCUT2D eigenvalue weighted by molar-refractivity contribution is -0.138. The number of cyclic esters (lactones) is 1. The van der Waals surface area contributed by atoms with Crippen LogP contribution in [0.2, 0.25) is 0 Å². The zero-order valence-electron chi connectivity index (χ0n) is 6.83. The summed E-state index contributed by atoms with van der Waals surface area (Å²) in [5.41, 5.74) is 1.25. The van der Waals surface area contributed by atoms with Crippen molar-refractivity contribution < 1.29 is 9.53 Å². The molecule has 0 saturated heterocycles. The van der Waals surface area contributed by atoms with Crippen LogP contribution < -0.4 is 0 Å². The maximum atomic E-state index is 10.6. The standard InChI is InChI=1S/C9H12O2/c1-7(2)3-4-8-5-6-9(10)11-8/h3,5-6,8H,4H2,1-2H3/t8-/m1/s1. The lowest BCUT2D eigenvalue weighted by atomic mass is 10.2. The number of esters is 1. The van der Waals surface area contributed by atoms with Crippen molar-refractivity contribution in [3.05, 3.63) is 23.8 Å². The van der Waals surface area contributed by atoms with Crippen LogP contribution in [0, 0.1) is 0 Å². The molecule has 0 aromatic rings. The van der Waals surface area contributed by atoms with Gasteiger partial charge in [0.15, 0.2) is 0 Å². The van der Waals surface area contributed by atoms with Crippen molar-refractivity contribution >= 4 is 5.97 Å². The van der Waals surface area contributed by atoms with Gasteiger partial charge < -0.3 is 4.74 Å². The minimum atomic E-state index is -0.225. The Morgan fingerprint density at radius 2 is 2.45 bits per heavy atom. The van der Waals surface area contributed by atoms with Gasteiger partial charge in [-0.1, -0.05) is 11.6 Å². The van der Waals surface area contributed by atoms with Gasteiger partial charge >= 0.3 is 5.97 Å². The van der Waals surface area contributed by atoms with Crippen LogP contribution in [0.5, 0.6) is 0 Å². The molecule has 1 rings (SSSR count). The van der Waals surface area contributed by atoms with E-state index in [4.69, 9.17) is 4.74 Å². The second-order valence-corrected chi connectivity index (χ2v) is 2.85. The van der Waals surface area contributed by atoms with Crippen molar-refractivity contribution in [1.29, 1.82) is 0 Å². The molecule has 1 aliphatic heterocycles. The van der Waals surface area contributed by atoms with Crippen LogP contribution in [0.3, 0.4) is 0 Å². The highest BCUT2D eigenvalue weighted by Crippen LogP contribution is 2.10. The normalized spacial score (nSPS) is 21.6. The lowest BCUT2D eigenvalue weighted by Crippen LogP contribution is -2.05. The van der Waals surface area contributed by atoms with Crippen molar-refractivity contribution in [2.24, 2.45) is 0 Å². The van der Waals surface area contributed by atoms with Gasteiger partial charge in [-0.25, -0.2) is 4.79 Å². The molecule has 11 heavy (non-hydrogen) atoms. The van der Waals surface area contributed by atoms with Crippen molar-refractivity contribution in [2.45, 2.75) is 26.4 Å². The van der Waals surface area contributed by atoms with E-state index in [1.807, 2.05) is 13.8 Å². The predicted molar refractivity (Wildman–Crippen MR) is 43.1 cm³/mol. The van der Waals surface area contributed by atoms with E-state index < -0.39 is 0 Å². The van der Waals surface area contributed by atoms with E-state index in [0.717, 1.165) is 6.42 Å². The Bertz CT molecular complexity index is 210. The topological polar surface area (TPSA) is 26.3 Å². The molecule has 0 amide bonds. The van der Waals surface area contributed by atoms with Crippen molar-refractivity contribution in [1.82, 2.24) is 0 Å². The molecule has 0 saturated carbocycles. The van der Waals surface area contributed by atoms with Crippen LogP contribution in [0.15, 0.2) is 23.8 Å². The SMILES string of the molecule is CC(C)=CC[C@@H]1C=CC(=O)O1. The highest BCUT2D eigenvalue weighted by Gasteiger charge is 2.14. The Kier molecular flexibility index (Phi) is 2.47. The summed E-state index contributed by atoms with van der Waals surface area (Å²) in [6.45, 7) is 4.06. The van der Waals surface area contributed by atoms with Crippen molar-refractivity contribution in [3.63, 3.8) is 0 Å². The minimum Gasteiger partial charge on any atom is -0.455 e. The van der Waals surface area contributed by atoms with Gasteiger partial charge in [-0.3, -0.25) is 0 Å². The second kappa shape index (κ2) is 3.37. The van der Waals surface area contributed by atoms with Gasteiger partial charge in [0.05, 0.1) is 0 Å². The summed E-state index contributed by atoms with van der Waals surface area (Å²) in [6.07, 6.45) is 6.10. The number of ether oxygens (including phenoxy) is 1. The van der Waals surface area contributed by atoms with E-state index in [9.17, 15) is 4.79 Å². The smallest absolute Gasteiger partial charge is 0.331 e. The zero-order chi connectivity index (χ0) is 8.27. The van der Waals surface area contributed by atoms with Gasteiger partial charge in [0.2, 0.25) is 0 Å². The molecular formula is C9H12O2. The quantitative estimate of drug-likeness (QED) is 0.445. The molecule has 0 aromatic carbocycles. The molecule has 0 spiro atoms. The fraction of sp³-hybridized carbons (Fsp3) is 0.444. The van der Waals surface area contributed by atoms with Gasteiger partial charge in [0.1, 0.15) is 6.10 Å². The molecule has 2 heteroatoms. The van der Waals surface area contributed by atoms with Crippen LogP contribution in [0.1, 0.15) is 20.3 Å². The third kappa shape index (κ3) is 2.58. The Hall–Kier alpha value is -1.05. The maximum absolute atomic E-state index is 10.6. The van der Waals surface area contributed by atoms with Gasteiger partial charge in [0.25, 0.3) is 0 Å². The van der Waals surface area contributed by atoms with Crippen molar-refractivity contribution in [2.75, 3.05) is 0 Å². The first-order valence-corrected chi connectivity index (χ1v) is 3.70. The summed E-state index contributed by atoms with van der Waals surface area (Å²) >= 11 is 0. The average molecular weight is 152 g/mol. The first-order chi connectivity index (χ1) is 5.18. The Morgan fingerprint density at radius 3 is 2.91 bits per heavy atom. The summed E-state index contributed by atoms with van der Waals surface area (Å²) < 4.78 is 4.92. The summed E-state index contributed by atoms with van der Waals surface area (Å²) in [7, 11) is 0. The molecule has 60 valence electrons. The van der Waals surface area contributed by atoms with Crippen LogP contribution in [0.4, 0.5) is 0 Å². The number of rotatable bonds is 2. The molecule has 1 atom stereocenters. The highest BCUT2D eigenvalue weighted by atomic mass is 16.5. The number of hydrogen-bond acceptors (Lipinski definition) is 2. The molecule has 0 N–H and O–H groups in total. The minimum absolute atomic E-state index is 0.0302. The summed E-state index contributed by atoms with van der Waals surface area (Å²) in [5.74, 6) is -0.225. The molecule has 0 aromatic heterocycles. The maximum Gasteiger partial charge on any atom is 0.331 e. The summed E-state index contributed by atoms with van der Waals surface area (Å²) in [4.78, 5) is 10.6. The number of carbonyl (C=O) groups is 1. The average Bonchev–Trinajstić information content (AvgIpc) is 2.31. The lowest BCUT2D eigenvalue weighted by Gasteiger charge is -2.03. The number of carbonyl (C=O) groups excluding carboxylic acids is 1. The van der Waals surface area contributed by atoms with Gasteiger partial charge in [-0.15, -0.1) is 0 Å². The predicted octanol–water partition coefficient (Wildman–Crippen LogP) is 1.82. The molecule has 0 fully saturated rings. The third-order valence-electron chi connectivity index (χ3n) is 1.47. The molecule has 0 bridgehead atoms. The fourth-order valence-corrected chi connectivity index (χ4v) is 0.892. The van der Waals surface area contributed by atoms with Crippen molar-refractivity contribution in [3.8, 4) is 0 Å². The molecule has 0 unspecified atom stereocenters. The number of allylic oxidation sites excluding steroid dienone is 1. The first-order valence-electron chi connectivity index (χ1n) is 3.70. The third-order valence-corrected chi connectivity index (χ3v) is 1.47. The Morgan fingerprint density at radius 1 is 1.73 bits per heavy atom. The molecule has 0 radical (unpaired) electrons. The molecule has 1 aliphatic rings. The molecule has 0 aliphatic carbocycles. The Labute approximate surface area is 66.5 Å². The summed E-state index contributed by atoms with van der Waals surface area (Å²) in [5, 5.41) is 0.